The molecule has 4 nitrogen and oxygen atoms in total. The SMILES string of the molecule is CCC(NCCCCOC)c1nccn1C. The number of nitrogens with zero attached hydrogens (tertiary/aromatic N) is 2. The molecule has 0 aromatic carbocycles. The van der Waals surface area contributed by atoms with Gasteiger partial charge in [0, 0.05) is 33.2 Å². The molecule has 1 aromatic rings. The second kappa shape index (κ2) is 7.41. The maximum absolute atomic E-state index is 5.02. The van der Waals surface area contributed by atoms with Gasteiger partial charge in [0.15, 0.2) is 0 Å². The largest absolute Gasteiger partial charge is 0.385 e. The van der Waals surface area contributed by atoms with Gasteiger partial charge in [0.2, 0.25) is 0 Å². The van der Waals surface area contributed by atoms with Crippen LogP contribution in [0.3, 0.4) is 0 Å². The van der Waals surface area contributed by atoms with Crippen molar-refractivity contribution in [3.05, 3.63) is 18.2 Å². The zero-order valence-electron chi connectivity index (χ0n) is 10.6. The molecule has 1 atom stereocenters. The van der Waals surface area contributed by atoms with Gasteiger partial charge in [-0.25, -0.2) is 4.98 Å². The normalized spacial score (nSPS) is 12.9. The van der Waals surface area contributed by atoms with Crippen molar-refractivity contribution in [2.75, 3.05) is 20.3 Å². The Labute approximate surface area is 98.0 Å². The molecule has 0 aliphatic rings. The first-order valence-corrected chi connectivity index (χ1v) is 5.99. The number of hydrogen-bond donors (Lipinski definition) is 1. The minimum absolute atomic E-state index is 0.363. The Kier molecular flexibility index (Phi) is 6.11. The minimum atomic E-state index is 0.363. The molecule has 0 saturated carbocycles. The molecule has 92 valence electrons. The predicted octanol–water partition coefficient (Wildman–Crippen LogP) is 1.89. The number of hydrogen-bond acceptors (Lipinski definition) is 3. The highest BCUT2D eigenvalue weighted by Crippen LogP contribution is 2.13. The van der Waals surface area contributed by atoms with Crippen molar-refractivity contribution in [2.24, 2.45) is 7.05 Å². The molecule has 1 N–H and O–H groups in total. The van der Waals surface area contributed by atoms with E-state index in [0.717, 1.165) is 38.2 Å². The fraction of sp³-hybridized carbons (Fsp3) is 0.750. The van der Waals surface area contributed by atoms with Gasteiger partial charge in [-0.3, -0.25) is 0 Å². The molecule has 1 aromatic heterocycles. The molecule has 16 heavy (non-hydrogen) atoms. The van der Waals surface area contributed by atoms with Crippen LogP contribution in [-0.4, -0.2) is 29.8 Å². The summed E-state index contributed by atoms with van der Waals surface area (Å²) < 4.78 is 7.10. The summed E-state index contributed by atoms with van der Waals surface area (Å²) in [6.07, 6.45) is 7.17. The van der Waals surface area contributed by atoms with Gasteiger partial charge in [-0.2, -0.15) is 0 Å². The van der Waals surface area contributed by atoms with Gasteiger partial charge in [-0.15, -0.1) is 0 Å². The van der Waals surface area contributed by atoms with Gasteiger partial charge in [0.05, 0.1) is 6.04 Å². The van der Waals surface area contributed by atoms with E-state index in [1.165, 1.54) is 0 Å². The second-order valence-corrected chi connectivity index (χ2v) is 4.01. The summed E-state index contributed by atoms with van der Waals surface area (Å²) in [6.45, 7) is 4.05. The van der Waals surface area contributed by atoms with Crippen LogP contribution >= 0.6 is 0 Å². The number of aromatic nitrogens is 2. The third-order valence-electron chi connectivity index (χ3n) is 2.74. The van der Waals surface area contributed by atoms with Gasteiger partial charge < -0.3 is 14.6 Å². The molecule has 0 aliphatic heterocycles. The Morgan fingerprint density at radius 3 is 2.88 bits per heavy atom. The maximum atomic E-state index is 5.02. The molecule has 0 spiro atoms. The van der Waals surface area contributed by atoms with Crippen LogP contribution in [0.2, 0.25) is 0 Å². The number of ether oxygens (including phenoxy) is 1. The van der Waals surface area contributed by atoms with Crippen LogP contribution in [0.4, 0.5) is 0 Å². The third-order valence-corrected chi connectivity index (χ3v) is 2.74. The van der Waals surface area contributed by atoms with E-state index in [1.807, 2.05) is 19.4 Å². The van der Waals surface area contributed by atoms with Gasteiger partial charge in [-0.1, -0.05) is 6.92 Å². The molecule has 1 unspecified atom stereocenters. The highest BCUT2D eigenvalue weighted by atomic mass is 16.5. The zero-order chi connectivity index (χ0) is 11.8. The lowest BCUT2D eigenvalue weighted by Crippen LogP contribution is -2.24. The van der Waals surface area contributed by atoms with Crippen LogP contribution in [0.25, 0.3) is 0 Å². The van der Waals surface area contributed by atoms with Gasteiger partial charge >= 0.3 is 0 Å². The van der Waals surface area contributed by atoms with Crippen molar-refractivity contribution in [3.63, 3.8) is 0 Å². The Bertz CT molecular complexity index is 286. The van der Waals surface area contributed by atoms with Crippen molar-refractivity contribution in [1.82, 2.24) is 14.9 Å². The van der Waals surface area contributed by atoms with Crippen molar-refractivity contribution in [2.45, 2.75) is 32.2 Å². The van der Waals surface area contributed by atoms with Crippen LogP contribution in [0.5, 0.6) is 0 Å². The number of methoxy groups -OCH3 is 1. The highest BCUT2D eigenvalue weighted by molar-refractivity contribution is 4.98. The molecule has 0 fully saturated rings. The van der Waals surface area contributed by atoms with Gasteiger partial charge in [-0.05, 0) is 25.8 Å². The number of imidazole rings is 1. The van der Waals surface area contributed by atoms with Gasteiger partial charge in [0.25, 0.3) is 0 Å². The molecule has 0 bridgehead atoms. The quantitative estimate of drug-likeness (QED) is 0.687. The smallest absolute Gasteiger partial charge is 0.125 e. The fourth-order valence-corrected chi connectivity index (χ4v) is 1.78. The standard InChI is InChI=1S/C12H23N3O/c1-4-11(12-14-8-9-15(12)2)13-7-5-6-10-16-3/h8-9,11,13H,4-7,10H2,1-3H3. The topological polar surface area (TPSA) is 39.1 Å². The Morgan fingerprint density at radius 1 is 1.50 bits per heavy atom. The lowest BCUT2D eigenvalue weighted by molar-refractivity contribution is 0.192. The Balaban J connectivity index is 2.30. The van der Waals surface area contributed by atoms with E-state index in [4.69, 9.17) is 4.74 Å². The lowest BCUT2D eigenvalue weighted by atomic mass is 10.2. The third kappa shape index (κ3) is 3.94. The summed E-state index contributed by atoms with van der Waals surface area (Å²) >= 11 is 0. The van der Waals surface area contributed by atoms with E-state index in [1.54, 1.807) is 7.11 Å². The molecular weight excluding hydrogens is 202 g/mol. The van der Waals surface area contributed by atoms with Crippen LogP contribution < -0.4 is 5.32 Å². The first-order chi connectivity index (χ1) is 7.79. The molecule has 4 heteroatoms. The first-order valence-electron chi connectivity index (χ1n) is 5.99. The number of aryl methyl sites for hydroxylation is 1. The second-order valence-electron chi connectivity index (χ2n) is 4.01. The van der Waals surface area contributed by atoms with Crippen LogP contribution in [0, 0.1) is 0 Å². The lowest BCUT2D eigenvalue weighted by Gasteiger charge is -2.16. The van der Waals surface area contributed by atoms with Crippen molar-refractivity contribution < 1.29 is 4.74 Å². The summed E-state index contributed by atoms with van der Waals surface area (Å²) in [5.41, 5.74) is 0. The van der Waals surface area contributed by atoms with E-state index in [0.29, 0.717) is 6.04 Å². The van der Waals surface area contributed by atoms with Crippen LogP contribution in [0.1, 0.15) is 38.1 Å². The average molecular weight is 225 g/mol. The molecule has 0 amide bonds. The van der Waals surface area contributed by atoms with E-state index in [-0.39, 0.29) is 0 Å². The summed E-state index contributed by atoms with van der Waals surface area (Å²) in [6, 6.07) is 0.363. The molecule has 0 radical (unpaired) electrons. The van der Waals surface area contributed by atoms with Crippen LogP contribution in [0.15, 0.2) is 12.4 Å². The van der Waals surface area contributed by atoms with E-state index in [2.05, 4.69) is 21.8 Å². The average Bonchev–Trinajstić information content (AvgIpc) is 2.70. The molecule has 1 heterocycles. The molecular formula is C12H23N3O. The molecule has 0 aliphatic carbocycles. The minimum Gasteiger partial charge on any atom is -0.385 e. The number of unbranched alkanes of at least 4 members (excludes halogenated alkanes) is 1. The summed E-state index contributed by atoms with van der Waals surface area (Å²) in [5.74, 6) is 1.12. The monoisotopic (exact) mass is 225 g/mol. The Morgan fingerprint density at radius 2 is 2.31 bits per heavy atom. The van der Waals surface area contributed by atoms with E-state index < -0.39 is 0 Å². The summed E-state index contributed by atoms with van der Waals surface area (Å²) in [7, 11) is 3.79. The van der Waals surface area contributed by atoms with Gasteiger partial charge in [0.1, 0.15) is 5.82 Å². The van der Waals surface area contributed by atoms with E-state index in [9.17, 15) is 0 Å². The summed E-state index contributed by atoms with van der Waals surface area (Å²) in [5, 5.41) is 3.53. The van der Waals surface area contributed by atoms with Crippen molar-refractivity contribution in [1.29, 1.82) is 0 Å². The Hall–Kier alpha value is -0.870. The molecule has 1 rings (SSSR count). The summed E-state index contributed by atoms with van der Waals surface area (Å²) in [4.78, 5) is 4.38. The first kappa shape index (κ1) is 13.2. The fourth-order valence-electron chi connectivity index (χ4n) is 1.78. The number of nitrogens with one attached hydrogen (secondary N) is 1. The van der Waals surface area contributed by atoms with Crippen LogP contribution in [-0.2, 0) is 11.8 Å². The maximum Gasteiger partial charge on any atom is 0.125 e. The van der Waals surface area contributed by atoms with Crippen molar-refractivity contribution in [3.8, 4) is 0 Å². The van der Waals surface area contributed by atoms with E-state index >= 15 is 0 Å². The van der Waals surface area contributed by atoms with Crippen molar-refractivity contribution >= 4 is 0 Å². The predicted molar refractivity (Wildman–Crippen MR) is 65.4 cm³/mol. The number of rotatable bonds is 8. The molecule has 0 saturated heterocycles. The zero-order valence-corrected chi connectivity index (χ0v) is 10.6. The highest BCUT2D eigenvalue weighted by Gasteiger charge is 2.12.